The standard InChI is InChI=1S/C11H9F3N4/c12-11(13,14)7-1-2-9(16-5-7)10-3-8(4-15)17-6-18-10/h1-3,5-6H,4,15H2. The van der Waals surface area contributed by atoms with Crippen LogP contribution in [0.2, 0.25) is 0 Å². The Morgan fingerprint density at radius 1 is 1.06 bits per heavy atom. The average molecular weight is 254 g/mol. The topological polar surface area (TPSA) is 64.7 Å². The maximum absolute atomic E-state index is 12.4. The Labute approximate surface area is 101 Å². The minimum absolute atomic E-state index is 0.232. The molecule has 0 aromatic carbocycles. The highest BCUT2D eigenvalue weighted by Gasteiger charge is 2.30. The molecule has 0 aliphatic carbocycles. The summed E-state index contributed by atoms with van der Waals surface area (Å²) in [5, 5.41) is 0. The van der Waals surface area contributed by atoms with E-state index in [1.165, 1.54) is 12.4 Å². The van der Waals surface area contributed by atoms with Crippen LogP contribution in [0, 0.1) is 0 Å². The van der Waals surface area contributed by atoms with E-state index in [2.05, 4.69) is 15.0 Å². The predicted octanol–water partition coefficient (Wildman–Crippen LogP) is 2.02. The van der Waals surface area contributed by atoms with Crippen LogP contribution in [-0.2, 0) is 12.7 Å². The first kappa shape index (κ1) is 12.4. The molecule has 18 heavy (non-hydrogen) atoms. The first-order valence-corrected chi connectivity index (χ1v) is 5.05. The maximum Gasteiger partial charge on any atom is 0.417 e. The smallest absolute Gasteiger partial charge is 0.325 e. The molecule has 0 fully saturated rings. The molecule has 2 aromatic heterocycles. The van der Waals surface area contributed by atoms with Gasteiger partial charge in [-0.15, -0.1) is 0 Å². The second-order valence-electron chi connectivity index (χ2n) is 3.53. The molecule has 0 unspecified atom stereocenters. The number of nitrogens with two attached hydrogens (primary N) is 1. The van der Waals surface area contributed by atoms with Crippen molar-refractivity contribution in [1.29, 1.82) is 0 Å². The van der Waals surface area contributed by atoms with Crippen molar-refractivity contribution in [2.45, 2.75) is 12.7 Å². The molecule has 0 bridgehead atoms. The molecule has 4 nitrogen and oxygen atoms in total. The van der Waals surface area contributed by atoms with E-state index in [1.54, 1.807) is 6.07 Å². The summed E-state index contributed by atoms with van der Waals surface area (Å²) in [6.07, 6.45) is -2.31. The third-order valence-electron chi connectivity index (χ3n) is 2.29. The predicted molar refractivity (Wildman–Crippen MR) is 58.2 cm³/mol. The van der Waals surface area contributed by atoms with Gasteiger partial charge in [0.2, 0.25) is 0 Å². The first-order chi connectivity index (χ1) is 8.50. The SMILES string of the molecule is NCc1cc(-c2ccc(C(F)(F)F)cn2)ncn1. The zero-order valence-electron chi connectivity index (χ0n) is 9.15. The van der Waals surface area contributed by atoms with E-state index >= 15 is 0 Å². The number of halogens is 3. The van der Waals surface area contributed by atoms with Crippen molar-refractivity contribution in [2.75, 3.05) is 0 Å². The van der Waals surface area contributed by atoms with Crippen molar-refractivity contribution in [3.63, 3.8) is 0 Å². The molecule has 0 spiro atoms. The molecule has 94 valence electrons. The van der Waals surface area contributed by atoms with Crippen LogP contribution in [0.15, 0.2) is 30.7 Å². The van der Waals surface area contributed by atoms with Crippen LogP contribution in [0.1, 0.15) is 11.3 Å². The van der Waals surface area contributed by atoms with E-state index < -0.39 is 11.7 Å². The Morgan fingerprint density at radius 2 is 1.83 bits per heavy atom. The van der Waals surface area contributed by atoms with Gasteiger partial charge in [-0.3, -0.25) is 4.98 Å². The van der Waals surface area contributed by atoms with Crippen molar-refractivity contribution < 1.29 is 13.2 Å². The van der Waals surface area contributed by atoms with Gasteiger partial charge in [-0.2, -0.15) is 13.2 Å². The molecular formula is C11H9F3N4. The minimum atomic E-state index is -4.39. The number of hydrogen-bond donors (Lipinski definition) is 1. The Morgan fingerprint density at radius 3 is 2.39 bits per heavy atom. The van der Waals surface area contributed by atoms with Crippen LogP contribution >= 0.6 is 0 Å². The lowest BCUT2D eigenvalue weighted by Crippen LogP contribution is -2.05. The Hall–Kier alpha value is -2.02. The molecule has 0 aliphatic rings. The van der Waals surface area contributed by atoms with Gasteiger partial charge in [-0.05, 0) is 18.2 Å². The van der Waals surface area contributed by atoms with Crippen molar-refractivity contribution in [3.05, 3.63) is 42.0 Å². The minimum Gasteiger partial charge on any atom is -0.325 e. The van der Waals surface area contributed by atoms with E-state index in [4.69, 9.17) is 5.73 Å². The second kappa shape index (κ2) is 4.69. The molecular weight excluding hydrogens is 245 g/mol. The summed E-state index contributed by atoms with van der Waals surface area (Å²) in [7, 11) is 0. The number of pyridine rings is 1. The van der Waals surface area contributed by atoms with E-state index in [-0.39, 0.29) is 6.54 Å². The quantitative estimate of drug-likeness (QED) is 0.890. The number of rotatable bonds is 2. The van der Waals surface area contributed by atoms with Gasteiger partial charge >= 0.3 is 6.18 Å². The van der Waals surface area contributed by atoms with Gasteiger partial charge in [0.25, 0.3) is 0 Å². The summed E-state index contributed by atoms with van der Waals surface area (Å²) in [6, 6.07) is 3.83. The molecule has 7 heteroatoms. The average Bonchev–Trinajstić information content (AvgIpc) is 2.38. The molecule has 2 heterocycles. The van der Waals surface area contributed by atoms with Crippen molar-refractivity contribution in [3.8, 4) is 11.4 Å². The van der Waals surface area contributed by atoms with Crippen LogP contribution in [0.3, 0.4) is 0 Å². The fourth-order valence-corrected chi connectivity index (χ4v) is 1.36. The van der Waals surface area contributed by atoms with E-state index in [0.29, 0.717) is 17.1 Å². The van der Waals surface area contributed by atoms with E-state index in [9.17, 15) is 13.2 Å². The van der Waals surface area contributed by atoms with Crippen molar-refractivity contribution in [2.24, 2.45) is 5.73 Å². The van der Waals surface area contributed by atoms with Gasteiger partial charge in [0.1, 0.15) is 6.33 Å². The highest BCUT2D eigenvalue weighted by molar-refractivity contribution is 5.54. The molecule has 2 rings (SSSR count). The summed E-state index contributed by atoms with van der Waals surface area (Å²) in [5.74, 6) is 0. The van der Waals surface area contributed by atoms with Crippen molar-refractivity contribution in [1.82, 2.24) is 15.0 Å². The monoisotopic (exact) mass is 254 g/mol. The molecule has 0 saturated heterocycles. The van der Waals surface area contributed by atoms with E-state index in [0.717, 1.165) is 12.3 Å². The molecule has 0 aliphatic heterocycles. The summed E-state index contributed by atoms with van der Waals surface area (Å²) in [6.45, 7) is 0.232. The number of hydrogen-bond acceptors (Lipinski definition) is 4. The van der Waals surface area contributed by atoms with Crippen LogP contribution in [0.4, 0.5) is 13.2 Å². The lowest BCUT2D eigenvalue weighted by Gasteiger charge is -2.06. The molecule has 2 N–H and O–H groups in total. The highest BCUT2D eigenvalue weighted by atomic mass is 19.4. The highest BCUT2D eigenvalue weighted by Crippen LogP contribution is 2.29. The Balaban J connectivity index is 2.34. The van der Waals surface area contributed by atoms with Crippen LogP contribution in [0.5, 0.6) is 0 Å². The third kappa shape index (κ3) is 2.62. The Bertz CT molecular complexity index is 537. The number of nitrogens with zero attached hydrogens (tertiary/aromatic N) is 3. The van der Waals surface area contributed by atoms with Crippen LogP contribution < -0.4 is 5.73 Å². The molecule has 2 aromatic rings. The number of aromatic nitrogens is 3. The lowest BCUT2D eigenvalue weighted by molar-refractivity contribution is -0.137. The molecule has 0 atom stereocenters. The summed E-state index contributed by atoms with van der Waals surface area (Å²) >= 11 is 0. The van der Waals surface area contributed by atoms with Crippen LogP contribution in [-0.4, -0.2) is 15.0 Å². The summed E-state index contributed by atoms with van der Waals surface area (Å²) in [4.78, 5) is 11.6. The van der Waals surface area contributed by atoms with Gasteiger partial charge in [-0.25, -0.2) is 9.97 Å². The zero-order chi connectivity index (χ0) is 13.2. The zero-order valence-corrected chi connectivity index (χ0v) is 9.15. The van der Waals surface area contributed by atoms with Gasteiger partial charge in [-0.1, -0.05) is 0 Å². The lowest BCUT2D eigenvalue weighted by atomic mass is 10.2. The largest absolute Gasteiger partial charge is 0.417 e. The molecule has 0 radical (unpaired) electrons. The third-order valence-corrected chi connectivity index (χ3v) is 2.29. The first-order valence-electron chi connectivity index (χ1n) is 5.05. The van der Waals surface area contributed by atoms with Gasteiger partial charge in [0, 0.05) is 12.7 Å². The molecule has 0 saturated carbocycles. The maximum atomic E-state index is 12.4. The molecule has 0 amide bonds. The normalized spacial score (nSPS) is 11.6. The summed E-state index contributed by atoms with van der Waals surface area (Å²) < 4.78 is 37.1. The fourth-order valence-electron chi connectivity index (χ4n) is 1.36. The van der Waals surface area contributed by atoms with Gasteiger partial charge < -0.3 is 5.73 Å². The van der Waals surface area contributed by atoms with E-state index in [1.807, 2.05) is 0 Å². The second-order valence-corrected chi connectivity index (χ2v) is 3.53. The number of alkyl halides is 3. The summed E-state index contributed by atoms with van der Waals surface area (Å²) in [5.41, 5.74) is 6.02. The fraction of sp³-hybridized carbons (Fsp3) is 0.182. The van der Waals surface area contributed by atoms with Crippen molar-refractivity contribution >= 4 is 0 Å². The Kier molecular flexibility index (Phi) is 3.24. The van der Waals surface area contributed by atoms with Crippen LogP contribution in [0.25, 0.3) is 11.4 Å². The van der Waals surface area contributed by atoms with Gasteiger partial charge in [0.15, 0.2) is 0 Å². The van der Waals surface area contributed by atoms with Gasteiger partial charge in [0.05, 0.1) is 22.6 Å².